The summed E-state index contributed by atoms with van der Waals surface area (Å²) in [6, 6.07) is -0.710. The molecule has 0 aromatic carbocycles. The standard InChI is InChI=1S/C56H101NO5/c1-4-7-10-13-16-19-22-25-27-29-30-33-36-39-42-45-48-54(59)53(51-58)57-55(60)50-52(47-44-41-38-35-32-24-21-18-15-12-9-6-3)62-56(61)49-46-43-40-37-34-31-28-26-23-20-17-14-11-8-5-2/h8-9,11-12,14,17-18,20-21,23,52-54,58-59H,4-7,10,13,15-16,19,22,24-51H2,1-3H3,(H,57,60)/b11-8+,12-9+,17-14+,21-18+,23-20+. The van der Waals surface area contributed by atoms with Gasteiger partial charge < -0.3 is 20.3 Å². The van der Waals surface area contributed by atoms with E-state index >= 15 is 0 Å². The first kappa shape index (κ1) is 59.6. The minimum absolute atomic E-state index is 0.0622. The topological polar surface area (TPSA) is 95.9 Å². The molecule has 0 saturated heterocycles. The Morgan fingerprint density at radius 1 is 0.500 bits per heavy atom. The highest BCUT2D eigenvalue weighted by Gasteiger charge is 2.24. The number of carbonyl (C=O) groups is 2. The SMILES string of the molecule is CC/C=C/C=C/C=C/CCCCCCCCCC(=O)OC(CCCCCCC/C=C/C/C=C/CC)CC(=O)NC(CO)C(O)CCCCCCCCCCCCCCCCCC. The van der Waals surface area contributed by atoms with Gasteiger partial charge in [-0.15, -0.1) is 0 Å². The lowest BCUT2D eigenvalue weighted by molar-refractivity contribution is -0.151. The molecule has 0 aromatic heterocycles. The van der Waals surface area contributed by atoms with Gasteiger partial charge in [0.25, 0.3) is 0 Å². The van der Waals surface area contributed by atoms with Crippen molar-refractivity contribution in [2.45, 2.75) is 277 Å². The van der Waals surface area contributed by atoms with Crippen LogP contribution in [0.25, 0.3) is 0 Å². The fraction of sp³-hybridized carbons (Fsp3) is 0.786. The zero-order valence-corrected chi connectivity index (χ0v) is 41.0. The molecule has 0 rings (SSSR count). The van der Waals surface area contributed by atoms with Crippen molar-refractivity contribution in [2.75, 3.05) is 6.61 Å². The van der Waals surface area contributed by atoms with E-state index in [1.807, 2.05) is 0 Å². The van der Waals surface area contributed by atoms with Gasteiger partial charge in [0.15, 0.2) is 0 Å². The average molecular weight is 868 g/mol. The van der Waals surface area contributed by atoms with Gasteiger partial charge in [-0.2, -0.15) is 0 Å². The maximum Gasteiger partial charge on any atom is 0.306 e. The molecule has 6 heteroatoms. The van der Waals surface area contributed by atoms with Crippen molar-refractivity contribution in [1.82, 2.24) is 5.32 Å². The number of unbranched alkanes of at least 4 members (excludes halogenated alkanes) is 27. The molecule has 0 heterocycles. The van der Waals surface area contributed by atoms with E-state index in [9.17, 15) is 19.8 Å². The average Bonchev–Trinajstić information content (AvgIpc) is 3.26. The molecule has 0 radical (unpaired) electrons. The maximum absolute atomic E-state index is 13.2. The number of hydrogen-bond donors (Lipinski definition) is 3. The molecule has 360 valence electrons. The van der Waals surface area contributed by atoms with Crippen LogP contribution in [0.1, 0.15) is 258 Å². The zero-order chi connectivity index (χ0) is 45.2. The molecule has 3 atom stereocenters. The normalized spacial score (nSPS) is 13.7. The summed E-state index contributed by atoms with van der Waals surface area (Å²) < 4.78 is 5.93. The molecule has 0 aromatic rings. The summed E-state index contributed by atoms with van der Waals surface area (Å²) in [6.45, 7) is 6.25. The van der Waals surface area contributed by atoms with Crippen molar-refractivity contribution in [3.63, 3.8) is 0 Å². The van der Waals surface area contributed by atoms with Crippen LogP contribution in [0.4, 0.5) is 0 Å². The highest BCUT2D eigenvalue weighted by molar-refractivity contribution is 5.77. The number of allylic oxidation sites excluding steroid dienone is 10. The Balaban J connectivity index is 4.53. The highest BCUT2D eigenvalue weighted by Crippen LogP contribution is 2.18. The second kappa shape index (κ2) is 49.6. The Hall–Kier alpha value is -2.44. The molecule has 0 aliphatic rings. The number of ether oxygens (including phenoxy) is 1. The zero-order valence-electron chi connectivity index (χ0n) is 41.0. The predicted molar refractivity (Wildman–Crippen MR) is 268 cm³/mol. The third-order valence-corrected chi connectivity index (χ3v) is 11.9. The molecule has 0 saturated carbocycles. The van der Waals surface area contributed by atoms with Crippen LogP contribution in [-0.2, 0) is 14.3 Å². The van der Waals surface area contributed by atoms with E-state index in [-0.39, 0.29) is 24.9 Å². The van der Waals surface area contributed by atoms with Crippen LogP contribution in [0.3, 0.4) is 0 Å². The maximum atomic E-state index is 13.2. The van der Waals surface area contributed by atoms with Crippen LogP contribution in [0, 0.1) is 0 Å². The van der Waals surface area contributed by atoms with Gasteiger partial charge in [-0.25, -0.2) is 0 Å². The van der Waals surface area contributed by atoms with Crippen molar-refractivity contribution < 1.29 is 24.5 Å². The number of aliphatic hydroxyl groups is 2. The van der Waals surface area contributed by atoms with E-state index in [0.29, 0.717) is 19.3 Å². The van der Waals surface area contributed by atoms with Gasteiger partial charge in [0.05, 0.1) is 25.2 Å². The van der Waals surface area contributed by atoms with Gasteiger partial charge in [-0.3, -0.25) is 9.59 Å². The molecule has 0 aliphatic carbocycles. The van der Waals surface area contributed by atoms with E-state index in [1.165, 1.54) is 122 Å². The van der Waals surface area contributed by atoms with Gasteiger partial charge >= 0.3 is 5.97 Å². The minimum Gasteiger partial charge on any atom is -0.462 e. The number of aliphatic hydroxyl groups excluding tert-OH is 2. The molecule has 1 amide bonds. The number of rotatable bonds is 47. The summed E-state index contributed by atoms with van der Waals surface area (Å²) in [5.41, 5.74) is 0. The third-order valence-electron chi connectivity index (χ3n) is 11.9. The van der Waals surface area contributed by atoms with Gasteiger partial charge in [-0.05, 0) is 70.6 Å². The molecule has 62 heavy (non-hydrogen) atoms. The summed E-state index contributed by atoms with van der Waals surface area (Å²) in [7, 11) is 0. The Labute approximate surface area is 384 Å². The molecular weight excluding hydrogens is 767 g/mol. The molecule has 3 N–H and O–H groups in total. The van der Waals surface area contributed by atoms with Crippen LogP contribution < -0.4 is 5.32 Å². The smallest absolute Gasteiger partial charge is 0.306 e. The molecular formula is C56H101NO5. The second-order valence-corrected chi connectivity index (χ2v) is 17.9. The predicted octanol–water partition coefficient (Wildman–Crippen LogP) is 16.0. The fourth-order valence-electron chi connectivity index (χ4n) is 7.94. The summed E-state index contributed by atoms with van der Waals surface area (Å²) >= 11 is 0. The van der Waals surface area contributed by atoms with Crippen molar-refractivity contribution in [3.05, 3.63) is 60.8 Å². The largest absolute Gasteiger partial charge is 0.462 e. The lowest BCUT2D eigenvalue weighted by atomic mass is 10.0. The van der Waals surface area contributed by atoms with Crippen molar-refractivity contribution in [1.29, 1.82) is 0 Å². The molecule has 0 fully saturated rings. The Bertz CT molecular complexity index is 1110. The van der Waals surface area contributed by atoms with E-state index in [2.05, 4.69) is 86.8 Å². The van der Waals surface area contributed by atoms with E-state index < -0.39 is 18.2 Å². The molecule has 6 nitrogen and oxygen atoms in total. The van der Waals surface area contributed by atoms with Crippen molar-refractivity contribution in [3.8, 4) is 0 Å². The Morgan fingerprint density at radius 2 is 0.952 bits per heavy atom. The summed E-state index contributed by atoms with van der Waals surface area (Å²) in [4.78, 5) is 26.2. The Morgan fingerprint density at radius 3 is 1.48 bits per heavy atom. The van der Waals surface area contributed by atoms with E-state index in [1.54, 1.807) is 0 Å². The number of nitrogens with one attached hydrogen (secondary N) is 1. The van der Waals surface area contributed by atoms with Crippen molar-refractivity contribution >= 4 is 11.9 Å². The lowest BCUT2D eigenvalue weighted by Gasteiger charge is -2.24. The molecule has 0 spiro atoms. The first-order chi connectivity index (χ1) is 30.5. The van der Waals surface area contributed by atoms with Crippen LogP contribution >= 0.6 is 0 Å². The quantitative estimate of drug-likeness (QED) is 0.0245. The first-order valence-corrected chi connectivity index (χ1v) is 26.5. The second-order valence-electron chi connectivity index (χ2n) is 17.9. The number of amides is 1. The summed E-state index contributed by atoms with van der Waals surface area (Å²) in [5.74, 6) is -0.499. The highest BCUT2D eigenvalue weighted by atomic mass is 16.5. The van der Waals surface area contributed by atoms with Crippen LogP contribution in [-0.4, -0.2) is 46.9 Å². The number of carbonyl (C=O) groups excluding carboxylic acids is 2. The van der Waals surface area contributed by atoms with Crippen LogP contribution in [0.2, 0.25) is 0 Å². The third kappa shape index (κ3) is 44.2. The summed E-state index contributed by atoms with van der Waals surface area (Å²) in [5, 5.41) is 23.8. The number of esters is 1. The van der Waals surface area contributed by atoms with Gasteiger partial charge in [0.1, 0.15) is 6.10 Å². The van der Waals surface area contributed by atoms with Crippen LogP contribution in [0.15, 0.2) is 60.8 Å². The number of hydrogen-bond acceptors (Lipinski definition) is 5. The fourth-order valence-corrected chi connectivity index (χ4v) is 7.94. The van der Waals surface area contributed by atoms with E-state index in [0.717, 1.165) is 89.9 Å². The van der Waals surface area contributed by atoms with Crippen molar-refractivity contribution in [2.24, 2.45) is 0 Å². The lowest BCUT2D eigenvalue weighted by Crippen LogP contribution is -2.46. The van der Waals surface area contributed by atoms with E-state index in [4.69, 9.17) is 4.74 Å². The minimum atomic E-state index is -0.795. The first-order valence-electron chi connectivity index (χ1n) is 26.5. The molecule has 0 aliphatic heterocycles. The van der Waals surface area contributed by atoms with Gasteiger partial charge in [0.2, 0.25) is 5.91 Å². The Kier molecular flexibility index (Phi) is 47.6. The van der Waals surface area contributed by atoms with Gasteiger partial charge in [0, 0.05) is 6.42 Å². The van der Waals surface area contributed by atoms with Crippen LogP contribution in [0.5, 0.6) is 0 Å². The summed E-state index contributed by atoms with van der Waals surface area (Å²) in [6.07, 6.45) is 61.4. The molecule has 3 unspecified atom stereocenters. The monoisotopic (exact) mass is 868 g/mol. The van der Waals surface area contributed by atoms with Gasteiger partial charge in [-0.1, -0.05) is 236 Å². The molecule has 0 bridgehead atoms.